The zero-order valence-electron chi connectivity index (χ0n) is 10.7. The Balaban J connectivity index is 2.42. The highest BCUT2D eigenvalue weighted by atomic mass is 32.1. The number of amides is 1. The Morgan fingerprint density at radius 1 is 1.59 bits per heavy atom. The topological polar surface area (TPSA) is 68.0 Å². The number of thiazole rings is 1. The van der Waals surface area contributed by atoms with E-state index in [0.717, 1.165) is 17.8 Å². The van der Waals surface area contributed by atoms with E-state index in [2.05, 4.69) is 17.2 Å². The van der Waals surface area contributed by atoms with E-state index in [4.69, 9.17) is 5.73 Å². The molecule has 2 atom stereocenters. The first kappa shape index (κ1) is 14.1. The van der Waals surface area contributed by atoms with E-state index < -0.39 is 6.04 Å². The van der Waals surface area contributed by atoms with Crippen LogP contribution in [-0.2, 0) is 17.8 Å². The normalized spacial score (nSPS) is 14.4. The number of carbonyl (C=O) groups excluding carboxylic acids is 1. The summed E-state index contributed by atoms with van der Waals surface area (Å²) >= 11 is 1.63. The maximum absolute atomic E-state index is 11.7. The first-order valence-corrected chi connectivity index (χ1v) is 6.87. The minimum absolute atomic E-state index is 0.0902. The summed E-state index contributed by atoms with van der Waals surface area (Å²) in [4.78, 5) is 17.2. The highest BCUT2D eigenvalue weighted by Gasteiger charge is 2.19. The highest BCUT2D eigenvalue weighted by Crippen LogP contribution is 2.13. The quantitative estimate of drug-likeness (QED) is 0.813. The highest BCUT2D eigenvalue weighted by molar-refractivity contribution is 7.11. The molecule has 0 aromatic carbocycles. The lowest BCUT2D eigenvalue weighted by atomic mass is 9.99. The number of hydrogen-bond donors (Lipinski definition) is 2. The average Bonchev–Trinajstić information content (AvgIpc) is 2.81. The number of aryl methyl sites for hydroxylation is 1. The van der Waals surface area contributed by atoms with E-state index in [1.165, 1.54) is 4.88 Å². The van der Waals surface area contributed by atoms with Gasteiger partial charge < -0.3 is 11.1 Å². The molecule has 96 valence electrons. The van der Waals surface area contributed by atoms with E-state index in [9.17, 15) is 4.79 Å². The van der Waals surface area contributed by atoms with Crippen molar-refractivity contribution in [3.63, 3.8) is 0 Å². The fourth-order valence-electron chi connectivity index (χ4n) is 1.39. The van der Waals surface area contributed by atoms with Gasteiger partial charge in [0, 0.05) is 11.1 Å². The molecule has 17 heavy (non-hydrogen) atoms. The monoisotopic (exact) mass is 255 g/mol. The molecule has 1 amide bonds. The van der Waals surface area contributed by atoms with Crippen molar-refractivity contribution in [1.82, 2.24) is 10.3 Å². The van der Waals surface area contributed by atoms with Crippen molar-refractivity contribution >= 4 is 17.2 Å². The molecule has 1 aromatic rings. The van der Waals surface area contributed by atoms with Gasteiger partial charge in [-0.2, -0.15) is 0 Å². The van der Waals surface area contributed by atoms with Crippen molar-refractivity contribution in [2.24, 2.45) is 11.7 Å². The van der Waals surface area contributed by atoms with E-state index in [1.807, 2.05) is 20.0 Å². The number of nitrogens with two attached hydrogens (primary N) is 1. The van der Waals surface area contributed by atoms with E-state index in [0.29, 0.717) is 6.54 Å². The lowest BCUT2D eigenvalue weighted by Gasteiger charge is -2.17. The standard InChI is InChI=1S/C12H21N3OS/c1-4-8(3)11(13)12(16)15-7-10-14-6-9(5-2)17-10/h6,8,11H,4-5,7,13H2,1-3H3,(H,15,16). The van der Waals surface area contributed by atoms with Gasteiger partial charge in [-0.15, -0.1) is 11.3 Å². The van der Waals surface area contributed by atoms with Gasteiger partial charge in [-0.1, -0.05) is 27.2 Å². The third kappa shape index (κ3) is 4.09. The van der Waals surface area contributed by atoms with Crippen molar-refractivity contribution < 1.29 is 4.79 Å². The molecule has 3 N–H and O–H groups in total. The van der Waals surface area contributed by atoms with E-state index in [-0.39, 0.29) is 11.8 Å². The van der Waals surface area contributed by atoms with Crippen molar-refractivity contribution in [3.05, 3.63) is 16.1 Å². The molecule has 0 saturated heterocycles. The molecular weight excluding hydrogens is 234 g/mol. The maximum Gasteiger partial charge on any atom is 0.237 e. The molecule has 0 saturated carbocycles. The molecule has 0 aliphatic carbocycles. The van der Waals surface area contributed by atoms with Crippen LogP contribution in [0.25, 0.3) is 0 Å². The van der Waals surface area contributed by atoms with Crippen LogP contribution in [0.2, 0.25) is 0 Å². The van der Waals surface area contributed by atoms with Crippen LogP contribution in [-0.4, -0.2) is 16.9 Å². The molecule has 1 heterocycles. The van der Waals surface area contributed by atoms with Crippen LogP contribution in [0, 0.1) is 5.92 Å². The number of carbonyl (C=O) groups is 1. The van der Waals surface area contributed by atoms with Gasteiger partial charge in [0.2, 0.25) is 5.91 Å². The van der Waals surface area contributed by atoms with Crippen molar-refractivity contribution in [3.8, 4) is 0 Å². The molecule has 4 nitrogen and oxygen atoms in total. The largest absolute Gasteiger partial charge is 0.348 e. The molecule has 0 aliphatic heterocycles. The Hall–Kier alpha value is -0.940. The Kier molecular flexibility index (Phi) is 5.58. The summed E-state index contributed by atoms with van der Waals surface area (Å²) < 4.78 is 0. The van der Waals surface area contributed by atoms with Crippen molar-refractivity contribution in [1.29, 1.82) is 0 Å². The molecule has 1 aromatic heterocycles. The van der Waals surface area contributed by atoms with Crippen LogP contribution in [0.4, 0.5) is 0 Å². The second-order valence-electron chi connectivity index (χ2n) is 4.20. The number of hydrogen-bond acceptors (Lipinski definition) is 4. The minimum Gasteiger partial charge on any atom is -0.348 e. The van der Waals surface area contributed by atoms with Crippen LogP contribution in [0.1, 0.15) is 37.1 Å². The SMILES string of the molecule is CCc1cnc(CNC(=O)C(N)C(C)CC)s1. The van der Waals surface area contributed by atoms with Crippen LogP contribution in [0.15, 0.2) is 6.20 Å². The van der Waals surface area contributed by atoms with E-state index >= 15 is 0 Å². The van der Waals surface area contributed by atoms with Crippen LogP contribution in [0.5, 0.6) is 0 Å². The number of nitrogens with zero attached hydrogens (tertiary/aromatic N) is 1. The maximum atomic E-state index is 11.7. The summed E-state index contributed by atoms with van der Waals surface area (Å²) in [6.45, 7) is 6.59. The molecule has 0 radical (unpaired) electrons. The van der Waals surface area contributed by atoms with Gasteiger partial charge in [-0.05, 0) is 12.3 Å². The minimum atomic E-state index is -0.425. The van der Waals surface area contributed by atoms with Gasteiger partial charge in [-0.25, -0.2) is 4.98 Å². The first-order chi connectivity index (χ1) is 8.08. The third-order valence-corrected chi connectivity index (χ3v) is 4.07. The van der Waals surface area contributed by atoms with Gasteiger partial charge in [-0.3, -0.25) is 4.79 Å². The second kappa shape index (κ2) is 6.71. The van der Waals surface area contributed by atoms with Gasteiger partial charge in [0.25, 0.3) is 0 Å². The summed E-state index contributed by atoms with van der Waals surface area (Å²) in [6, 6.07) is -0.425. The number of nitrogens with one attached hydrogen (secondary N) is 1. The fourth-order valence-corrected chi connectivity index (χ4v) is 2.19. The van der Waals surface area contributed by atoms with Crippen LogP contribution in [0.3, 0.4) is 0 Å². The van der Waals surface area contributed by atoms with Crippen LogP contribution < -0.4 is 11.1 Å². The third-order valence-electron chi connectivity index (χ3n) is 2.92. The lowest BCUT2D eigenvalue weighted by Crippen LogP contribution is -2.44. The molecule has 0 bridgehead atoms. The van der Waals surface area contributed by atoms with Gasteiger partial charge >= 0.3 is 0 Å². The molecule has 0 fully saturated rings. The second-order valence-corrected chi connectivity index (χ2v) is 5.40. The Labute approximate surface area is 107 Å². The van der Waals surface area contributed by atoms with Crippen molar-refractivity contribution in [2.75, 3.05) is 0 Å². The predicted molar refractivity (Wildman–Crippen MR) is 70.8 cm³/mol. The fraction of sp³-hybridized carbons (Fsp3) is 0.667. The van der Waals surface area contributed by atoms with Crippen LogP contribution >= 0.6 is 11.3 Å². The predicted octanol–water partition coefficient (Wildman–Crippen LogP) is 1.70. The first-order valence-electron chi connectivity index (χ1n) is 6.05. The Morgan fingerprint density at radius 2 is 2.29 bits per heavy atom. The molecule has 1 rings (SSSR count). The summed E-state index contributed by atoms with van der Waals surface area (Å²) in [5, 5.41) is 3.77. The molecule has 0 spiro atoms. The number of rotatable bonds is 6. The molecule has 5 heteroatoms. The smallest absolute Gasteiger partial charge is 0.237 e. The molecule has 0 aliphatic rings. The zero-order chi connectivity index (χ0) is 12.8. The zero-order valence-corrected chi connectivity index (χ0v) is 11.5. The van der Waals surface area contributed by atoms with Gasteiger partial charge in [0.15, 0.2) is 0 Å². The average molecular weight is 255 g/mol. The lowest BCUT2D eigenvalue weighted by molar-refractivity contribution is -0.123. The summed E-state index contributed by atoms with van der Waals surface area (Å²) in [7, 11) is 0. The van der Waals surface area contributed by atoms with Crippen molar-refractivity contribution in [2.45, 2.75) is 46.2 Å². The van der Waals surface area contributed by atoms with Gasteiger partial charge in [0.05, 0.1) is 12.6 Å². The summed E-state index contributed by atoms with van der Waals surface area (Å²) in [5.74, 6) is 0.116. The molecule has 2 unspecified atom stereocenters. The Bertz CT molecular complexity index is 364. The van der Waals surface area contributed by atoms with E-state index in [1.54, 1.807) is 11.3 Å². The molecular formula is C12H21N3OS. The number of aromatic nitrogens is 1. The summed E-state index contributed by atoms with van der Waals surface area (Å²) in [6.07, 6.45) is 3.75. The summed E-state index contributed by atoms with van der Waals surface area (Å²) in [5.41, 5.74) is 5.84. The van der Waals surface area contributed by atoms with Gasteiger partial charge in [0.1, 0.15) is 5.01 Å². The Morgan fingerprint density at radius 3 is 2.82 bits per heavy atom.